The summed E-state index contributed by atoms with van der Waals surface area (Å²) in [6.45, 7) is 2.21. The van der Waals surface area contributed by atoms with E-state index in [0.29, 0.717) is 0 Å². The van der Waals surface area contributed by atoms with Gasteiger partial charge in [-0.05, 0) is 0 Å². The fourth-order valence-electron chi connectivity index (χ4n) is 1.04. The number of hydrogen-bond donors (Lipinski definition) is 0. The van der Waals surface area contributed by atoms with E-state index in [4.69, 9.17) is 8.92 Å². The number of rotatable bonds is 7. The molecule has 66 valence electrons. The van der Waals surface area contributed by atoms with Crippen molar-refractivity contribution in [2.75, 3.05) is 0 Å². The summed E-state index contributed by atoms with van der Waals surface area (Å²) in [5, 5.41) is 0. The molecule has 0 rings (SSSR count). The molecule has 0 aliphatic heterocycles. The van der Waals surface area contributed by atoms with Crippen molar-refractivity contribution < 1.29 is 3.08 Å². The zero-order valence-corrected chi connectivity index (χ0v) is 10.8. The summed E-state index contributed by atoms with van der Waals surface area (Å²) in [4.78, 5) is 0. The summed E-state index contributed by atoms with van der Waals surface area (Å²) in [6, 6.07) is 0. The number of hydrogen-bond acceptors (Lipinski definition) is 1. The molecule has 0 aromatic rings. The van der Waals surface area contributed by atoms with Gasteiger partial charge in [0.1, 0.15) is 0 Å². The van der Waals surface area contributed by atoms with Gasteiger partial charge >= 0.3 is 80.5 Å². The summed E-state index contributed by atoms with van der Waals surface area (Å²) >= 11 is -2.48. The fourth-order valence-corrected chi connectivity index (χ4v) is 3.45. The first-order chi connectivity index (χ1) is 5.27. The van der Waals surface area contributed by atoms with E-state index in [1.54, 1.807) is 0 Å². The predicted octanol–water partition coefficient (Wildman–Crippen LogP) is 3.50. The molecule has 0 spiro atoms. The van der Waals surface area contributed by atoms with Crippen LogP contribution in [0.5, 0.6) is 0 Å². The first-order valence-electron chi connectivity index (χ1n) is 4.45. The van der Waals surface area contributed by atoms with E-state index in [1.165, 1.54) is 32.1 Å². The Morgan fingerprint density at radius 3 is 2.18 bits per heavy atom. The Balaban J connectivity index is 2.85. The molecule has 0 aromatic heterocycles. The molecule has 0 saturated heterocycles. The first kappa shape index (κ1) is 11.9. The maximum atomic E-state index is 10.6. The quantitative estimate of drug-likeness (QED) is 0.516. The van der Waals surface area contributed by atoms with E-state index >= 15 is 0 Å². The molecule has 0 heterocycles. The van der Waals surface area contributed by atoms with Gasteiger partial charge in [-0.2, -0.15) is 0 Å². The maximum absolute atomic E-state index is 10.6. The summed E-state index contributed by atoms with van der Waals surface area (Å²) in [5.41, 5.74) is 0. The zero-order valence-electron chi connectivity index (χ0n) is 7.24. The molecule has 1 nitrogen and oxygen atoms in total. The Labute approximate surface area is 80.3 Å². The average molecular weight is 283 g/mol. The minimum atomic E-state index is -2.48. The van der Waals surface area contributed by atoms with Gasteiger partial charge in [0, 0.05) is 0 Å². The molecule has 11 heavy (non-hydrogen) atoms. The molecule has 0 aliphatic rings. The van der Waals surface area contributed by atoms with Crippen LogP contribution in [-0.4, -0.2) is 18.6 Å². The molecule has 0 amide bonds. The molecule has 0 radical (unpaired) electrons. The van der Waals surface area contributed by atoms with Gasteiger partial charge in [0.15, 0.2) is 0 Å². The summed E-state index contributed by atoms with van der Waals surface area (Å²) in [5.74, 6) is 0. The number of halogens is 1. The van der Waals surface area contributed by atoms with E-state index in [9.17, 15) is 3.08 Å². The van der Waals surface area contributed by atoms with Crippen molar-refractivity contribution in [2.45, 2.75) is 49.9 Å². The Hall–Kier alpha value is 0.889. The predicted molar refractivity (Wildman–Crippen MR) is 50.5 cm³/mol. The van der Waals surface area contributed by atoms with Gasteiger partial charge in [-0.25, -0.2) is 0 Å². The first-order valence-corrected chi connectivity index (χ1v) is 11.3. The van der Waals surface area contributed by atoms with Gasteiger partial charge in [-0.15, -0.1) is 0 Å². The van der Waals surface area contributed by atoms with Gasteiger partial charge in [0.25, 0.3) is 0 Å². The SMILES string of the molecule is CCCCCCC[CH2][Sn](=[O])[Cl]. The monoisotopic (exact) mass is 284 g/mol. The van der Waals surface area contributed by atoms with Crippen molar-refractivity contribution in [1.82, 2.24) is 0 Å². The van der Waals surface area contributed by atoms with Crippen molar-refractivity contribution >= 4 is 27.5 Å². The molecule has 0 saturated carbocycles. The standard InChI is InChI=1S/C8H17.ClH.O.Sn/c1-3-5-7-8-6-4-2;;;/h1,3-8H2,2H3;1H;;/q;;;+1/p-1. The van der Waals surface area contributed by atoms with Gasteiger partial charge in [-0.1, -0.05) is 0 Å². The van der Waals surface area contributed by atoms with E-state index in [-0.39, 0.29) is 0 Å². The second-order valence-corrected chi connectivity index (χ2v) is 9.15. The van der Waals surface area contributed by atoms with Crippen LogP contribution in [0, 0.1) is 0 Å². The zero-order chi connectivity index (χ0) is 8.53. The molecule has 0 unspecified atom stereocenters. The normalized spacial score (nSPS) is 10.0. The second kappa shape index (κ2) is 8.98. The van der Waals surface area contributed by atoms with Crippen molar-refractivity contribution in [1.29, 1.82) is 0 Å². The Bertz CT molecular complexity index is 106. The number of unbranched alkanes of at least 4 members (excludes halogenated alkanes) is 5. The Morgan fingerprint density at radius 1 is 1.09 bits per heavy atom. The minimum absolute atomic E-state index is 0.829. The molecule has 0 N–H and O–H groups in total. The van der Waals surface area contributed by atoms with Gasteiger partial charge in [-0.3, -0.25) is 0 Å². The van der Waals surface area contributed by atoms with Crippen LogP contribution in [0.25, 0.3) is 0 Å². The van der Waals surface area contributed by atoms with Crippen LogP contribution >= 0.6 is 8.92 Å². The van der Waals surface area contributed by atoms with E-state index in [2.05, 4.69) is 6.92 Å². The second-order valence-electron chi connectivity index (χ2n) is 2.87. The van der Waals surface area contributed by atoms with Crippen LogP contribution < -0.4 is 0 Å². The van der Waals surface area contributed by atoms with Crippen LogP contribution in [0.1, 0.15) is 45.4 Å². The molecule has 0 aliphatic carbocycles. The molecule has 3 heteroatoms. The Morgan fingerprint density at radius 2 is 1.64 bits per heavy atom. The van der Waals surface area contributed by atoms with Crippen LogP contribution in [0.2, 0.25) is 4.44 Å². The third-order valence-electron chi connectivity index (χ3n) is 1.73. The van der Waals surface area contributed by atoms with Crippen LogP contribution in [-0.2, 0) is 3.08 Å². The Kier molecular flexibility index (Phi) is 9.71. The van der Waals surface area contributed by atoms with Crippen LogP contribution in [0.4, 0.5) is 0 Å². The topological polar surface area (TPSA) is 17.1 Å². The average Bonchev–Trinajstić information content (AvgIpc) is 1.96. The van der Waals surface area contributed by atoms with Crippen molar-refractivity contribution in [3.05, 3.63) is 0 Å². The van der Waals surface area contributed by atoms with Gasteiger partial charge in [0.2, 0.25) is 0 Å². The fraction of sp³-hybridized carbons (Fsp3) is 1.00. The summed E-state index contributed by atoms with van der Waals surface area (Å²) < 4.78 is 11.4. The molecule has 0 aromatic carbocycles. The van der Waals surface area contributed by atoms with Crippen LogP contribution in [0.3, 0.4) is 0 Å². The van der Waals surface area contributed by atoms with Crippen molar-refractivity contribution in [2.24, 2.45) is 0 Å². The van der Waals surface area contributed by atoms with E-state index in [0.717, 1.165) is 10.9 Å². The van der Waals surface area contributed by atoms with Crippen molar-refractivity contribution in [3.8, 4) is 0 Å². The molecular weight excluding hydrogens is 266 g/mol. The van der Waals surface area contributed by atoms with Crippen molar-refractivity contribution in [3.63, 3.8) is 0 Å². The van der Waals surface area contributed by atoms with E-state index < -0.39 is 18.6 Å². The molecular formula is C8H17ClOSn. The summed E-state index contributed by atoms with van der Waals surface area (Å²) in [6.07, 6.45) is 7.56. The van der Waals surface area contributed by atoms with E-state index in [1.807, 2.05) is 0 Å². The third-order valence-corrected chi connectivity index (χ3v) is 5.13. The molecule has 0 atom stereocenters. The van der Waals surface area contributed by atoms with Crippen LogP contribution in [0.15, 0.2) is 0 Å². The third kappa shape index (κ3) is 10.9. The van der Waals surface area contributed by atoms with Gasteiger partial charge < -0.3 is 0 Å². The van der Waals surface area contributed by atoms with Gasteiger partial charge in [0.05, 0.1) is 0 Å². The molecule has 0 bridgehead atoms. The summed E-state index contributed by atoms with van der Waals surface area (Å²) in [7, 11) is 5.46. The molecule has 0 fully saturated rings.